The number of nitrogens with one attached hydrogen (secondary N) is 1. The fraction of sp³-hybridized carbons (Fsp3) is 0.118. The Bertz CT molecular complexity index is 849. The van der Waals surface area contributed by atoms with Gasteiger partial charge in [0.25, 0.3) is 0 Å². The number of halogens is 1. The van der Waals surface area contributed by atoms with Gasteiger partial charge in [-0.3, -0.25) is 4.99 Å². The molecule has 0 bridgehead atoms. The van der Waals surface area contributed by atoms with Crippen molar-refractivity contribution in [1.29, 1.82) is 0 Å². The smallest absolute Gasteiger partial charge is 0.198 e. The zero-order valence-electron chi connectivity index (χ0n) is 11.8. The molecule has 0 aliphatic carbocycles. The maximum absolute atomic E-state index is 10.0. The molecule has 4 heteroatoms. The predicted molar refractivity (Wildman–Crippen MR) is 88.1 cm³/mol. The van der Waals surface area contributed by atoms with E-state index in [0.717, 1.165) is 22.2 Å². The molecule has 1 aromatic heterocycles. The van der Waals surface area contributed by atoms with Gasteiger partial charge in [0.05, 0.1) is 16.8 Å². The van der Waals surface area contributed by atoms with Crippen LogP contribution in [0.5, 0.6) is 5.88 Å². The third-order valence-corrected chi connectivity index (χ3v) is 3.70. The highest BCUT2D eigenvalue weighted by Gasteiger charge is 2.09. The van der Waals surface area contributed by atoms with Crippen LogP contribution in [-0.4, -0.2) is 16.3 Å². The van der Waals surface area contributed by atoms with Gasteiger partial charge >= 0.3 is 0 Å². The molecule has 0 radical (unpaired) electrons. The van der Waals surface area contributed by atoms with Gasteiger partial charge in [-0.05, 0) is 37.6 Å². The van der Waals surface area contributed by atoms with Crippen LogP contribution in [0.1, 0.15) is 16.7 Å². The maximum Gasteiger partial charge on any atom is 0.198 e. The van der Waals surface area contributed by atoms with Gasteiger partial charge in [0.1, 0.15) is 0 Å². The zero-order valence-corrected chi connectivity index (χ0v) is 12.6. The molecule has 0 spiro atoms. The van der Waals surface area contributed by atoms with Crippen LogP contribution in [-0.2, 0) is 0 Å². The number of H-pyrrole nitrogens is 1. The van der Waals surface area contributed by atoms with Gasteiger partial charge in [0.15, 0.2) is 5.88 Å². The summed E-state index contributed by atoms with van der Waals surface area (Å²) in [7, 11) is 0. The molecule has 0 fully saturated rings. The fourth-order valence-electron chi connectivity index (χ4n) is 2.39. The van der Waals surface area contributed by atoms with Crippen LogP contribution in [0.25, 0.3) is 10.9 Å². The van der Waals surface area contributed by atoms with Gasteiger partial charge in [0.2, 0.25) is 0 Å². The maximum atomic E-state index is 10.0. The molecule has 106 valence electrons. The van der Waals surface area contributed by atoms with Crippen LogP contribution in [0.15, 0.2) is 41.4 Å². The Balaban J connectivity index is 2.05. The summed E-state index contributed by atoms with van der Waals surface area (Å²) in [6.45, 7) is 4.07. The van der Waals surface area contributed by atoms with Crippen molar-refractivity contribution in [2.45, 2.75) is 13.8 Å². The molecule has 0 aliphatic heterocycles. The van der Waals surface area contributed by atoms with Crippen molar-refractivity contribution in [3.8, 4) is 5.88 Å². The summed E-state index contributed by atoms with van der Waals surface area (Å²) in [5.41, 5.74) is 4.66. The van der Waals surface area contributed by atoms with Gasteiger partial charge in [0, 0.05) is 16.6 Å². The first kappa shape index (κ1) is 13.7. The van der Waals surface area contributed by atoms with Crippen LogP contribution >= 0.6 is 11.6 Å². The summed E-state index contributed by atoms with van der Waals surface area (Å²) in [4.78, 5) is 7.39. The van der Waals surface area contributed by atoms with Crippen molar-refractivity contribution in [3.05, 3.63) is 58.1 Å². The molecule has 3 aromatic rings. The highest BCUT2D eigenvalue weighted by atomic mass is 35.5. The minimum Gasteiger partial charge on any atom is -0.494 e. The monoisotopic (exact) mass is 298 g/mol. The van der Waals surface area contributed by atoms with Crippen molar-refractivity contribution in [1.82, 2.24) is 4.98 Å². The van der Waals surface area contributed by atoms with Crippen LogP contribution in [0.4, 0.5) is 5.69 Å². The number of rotatable bonds is 2. The van der Waals surface area contributed by atoms with Crippen molar-refractivity contribution in [2.75, 3.05) is 0 Å². The number of aryl methyl sites for hydroxylation is 2. The highest BCUT2D eigenvalue weighted by Crippen LogP contribution is 2.28. The van der Waals surface area contributed by atoms with E-state index >= 15 is 0 Å². The minimum absolute atomic E-state index is 0.0979. The molecule has 1 heterocycles. The number of hydrogen-bond donors (Lipinski definition) is 2. The second-order valence-electron chi connectivity index (χ2n) is 5.13. The number of aliphatic imine (C=N–C) groups is 1. The molecule has 21 heavy (non-hydrogen) atoms. The summed E-state index contributed by atoms with van der Waals surface area (Å²) < 4.78 is 0. The van der Waals surface area contributed by atoms with E-state index in [1.54, 1.807) is 18.3 Å². The lowest BCUT2D eigenvalue weighted by molar-refractivity contribution is 0.457. The SMILES string of the molecule is Cc1ccc(N=Cc2c(O)[nH]c3cc(Cl)ccc23)c(C)c1. The minimum atomic E-state index is 0.0979. The third kappa shape index (κ3) is 2.65. The standard InChI is InChI=1S/C17H15ClN2O/c1-10-3-6-15(11(2)7-10)19-9-14-13-5-4-12(18)8-16(13)20-17(14)21/h3-9,20-21H,1-2H3. The van der Waals surface area contributed by atoms with E-state index in [0.29, 0.717) is 10.6 Å². The largest absolute Gasteiger partial charge is 0.494 e. The lowest BCUT2D eigenvalue weighted by Gasteiger charge is -2.01. The molecule has 2 aromatic carbocycles. The van der Waals surface area contributed by atoms with E-state index in [1.165, 1.54) is 5.56 Å². The Morgan fingerprint density at radius 1 is 1.14 bits per heavy atom. The van der Waals surface area contributed by atoms with Crippen molar-refractivity contribution in [3.63, 3.8) is 0 Å². The fourth-order valence-corrected chi connectivity index (χ4v) is 2.56. The van der Waals surface area contributed by atoms with Gasteiger partial charge in [-0.1, -0.05) is 35.4 Å². The number of hydrogen-bond acceptors (Lipinski definition) is 2. The molecule has 3 nitrogen and oxygen atoms in total. The molecule has 2 N–H and O–H groups in total. The van der Waals surface area contributed by atoms with E-state index in [-0.39, 0.29) is 5.88 Å². The lowest BCUT2D eigenvalue weighted by atomic mass is 10.1. The first-order valence-electron chi connectivity index (χ1n) is 6.66. The predicted octanol–water partition coefficient (Wildman–Crippen LogP) is 4.89. The summed E-state index contributed by atoms with van der Waals surface area (Å²) in [6.07, 6.45) is 1.68. The Hall–Kier alpha value is -2.26. The molecule has 0 saturated carbocycles. The molecule has 0 saturated heterocycles. The number of nitrogens with zero attached hydrogens (tertiary/aromatic N) is 1. The molecular formula is C17H15ClN2O. The Labute approximate surface area is 127 Å². The molecule has 0 atom stereocenters. The van der Waals surface area contributed by atoms with Crippen molar-refractivity contribution in [2.24, 2.45) is 4.99 Å². The summed E-state index contributed by atoms with van der Waals surface area (Å²) in [5, 5.41) is 11.5. The second-order valence-corrected chi connectivity index (χ2v) is 5.56. The van der Waals surface area contributed by atoms with Crippen molar-refractivity contribution >= 4 is 34.4 Å². The summed E-state index contributed by atoms with van der Waals surface area (Å²) in [6, 6.07) is 11.5. The van der Waals surface area contributed by atoms with E-state index in [2.05, 4.69) is 23.0 Å². The molecular weight excluding hydrogens is 284 g/mol. The van der Waals surface area contributed by atoms with Crippen LogP contribution in [0, 0.1) is 13.8 Å². The zero-order chi connectivity index (χ0) is 15.0. The Morgan fingerprint density at radius 3 is 2.71 bits per heavy atom. The average molecular weight is 299 g/mol. The second kappa shape index (κ2) is 5.26. The Morgan fingerprint density at radius 2 is 1.95 bits per heavy atom. The lowest BCUT2D eigenvalue weighted by Crippen LogP contribution is -1.81. The summed E-state index contributed by atoms with van der Waals surface area (Å²) >= 11 is 5.95. The highest BCUT2D eigenvalue weighted by molar-refractivity contribution is 6.31. The average Bonchev–Trinajstić information content (AvgIpc) is 2.72. The van der Waals surface area contributed by atoms with E-state index in [9.17, 15) is 5.11 Å². The quantitative estimate of drug-likeness (QED) is 0.650. The Kier molecular flexibility index (Phi) is 3.43. The number of fused-ring (bicyclic) bond motifs is 1. The number of benzene rings is 2. The van der Waals surface area contributed by atoms with Gasteiger partial charge in [-0.25, -0.2) is 0 Å². The van der Waals surface area contributed by atoms with Crippen LogP contribution in [0.3, 0.4) is 0 Å². The van der Waals surface area contributed by atoms with Crippen molar-refractivity contribution < 1.29 is 5.11 Å². The first-order valence-corrected chi connectivity index (χ1v) is 7.04. The first-order chi connectivity index (χ1) is 10.0. The van der Waals surface area contributed by atoms with E-state index in [1.807, 2.05) is 25.1 Å². The third-order valence-electron chi connectivity index (χ3n) is 3.47. The molecule has 0 unspecified atom stereocenters. The number of aromatic amines is 1. The van der Waals surface area contributed by atoms with Gasteiger partial charge in [-0.2, -0.15) is 0 Å². The van der Waals surface area contributed by atoms with Gasteiger partial charge < -0.3 is 10.1 Å². The van der Waals surface area contributed by atoms with Gasteiger partial charge in [-0.15, -0.1) is 0 Å². The van der Waals surface area contributed by atoms with Crippen LogP contribution in [0.2, 0.25) is 5.02 Å². The van der Waals surface area contributed by atoms with E-state index < -0.39 is 0 Å². The molecule has 0 amide bonds. The molecule has 3 rings (SSSR count). The topological polar surface area (TPSA) is 48.4 Å². The summed E-state index contributed by atoms with van der Waals surface area (Å²) in [5.74, 6) is 0.0979. The number of aromatic hydroxyl groups is 1. The van der Waals surface area contributed by atoms with Crippen LogP contribution < -0.4 is 0 Å². The van der Waals surface area contributed by atoms with E-state index in [4.69, 9.17) is 11.6 Å². The normalized spacial score (nSPS) is 11.6. The molecule has 0 aliphatic rings. The number of aromatic nitrogens is 1.